The van der Waals surface area contributed by atoms with E-state index in [9.17, 15) is 4.79 Å². The van der Waals surface area contributed by atoms with Crippen molar-refractivity contribution in [3.63, 3.8) is 0 Å². The first-order chi connectivity index (χ1) is 6.59. The molecule has 0 radical (unpaired) electrons. The molecule has 78 valence electrons. The smallest absolute Gasteiger partial charge is 0.139 e. The summed E-state index contributed by atoms with van der Waals surface area (Å²) in [5.74, 6) is 2.20. The number of ketones is 1. The zero-order valence-corrected chi connectivity index (χ0v) is 9.31. The van der Waals surface area contributed by atoms with Crippen LogP contribution in [0.2, 0.25) is 0 Å². The van der Waals surface area contributed by atoms with E-state index in [1.54, 1.807) is 0 Å². The van der Waals surface area contributed by atoms with Gasteiger partial charge in [-0.25, -0.2) is 0 Å². The Kier molecular flexibility index (Phi) is 1.55. The van der Waals surface area contributed by atoms with Crippen molar-refractivity contribution < 1.29 is 4.79 Å². The molecule has 1 nitrogen and oxygen atoms in total. The molecule has 0 aromatic rings. The molecule has 0 aromatic carbocycles. The second-order valence-corrected chi connectivity index (χ2v) is 6.18. The molecule has 1 spiro atoms. The lowest BCUT2D eigenvalue weighted by molar-refractivity contribution is -0.136. The molecule has 3 atom stereocenters. The van der Waals surface area contributed by atoms with Gasteiger partial charge >= 0.3 is 0 Å². The van der Waals surface area contributed by atoms with Gasteiger partial charge in [0.05, 0.1) is 0 Å². The summed E-state index contributed by atoms with van der Waals surface area (Å²) in [4.78, 5) is 12.2. The Balaban J connectivity index is 2.10. The molecule has 1 heteroatoms. The van der Waals surface area contributed by atoms with Crippen molar-refractivity contribution >= 4 is 5.78 Å². The Morgan fingerprint density at radius 2 is 1.93 bits per heavy atom. The van der Waals surface area contributed by atoms with Crippen molar-refractivity contribution in [3.8, 4) is 0 Å². The Hall–Kier alpha value is -0.330. The van der Waals surface area contributed by atoms with Crippen molar-refractivity contribution in [2.45, 2.75) is 52.4 Å². The lowest BCUT2D eigenvalue weighted by Gasteiger charge is -2.46. The highest BCUT2D eigenvalue weighted by Gasteiger charge is 2.66. The minimum atomic E-state index is 0.121. The van der Waals surface area contributed by atoms with Crippen LogP contribution >= 0.6 is 0 Å². The summed E-state index contributed by atoms with van der Waals surface area (Å²) in [5, 5.41) is 0. The van der Waals surface area contributed by atoms with Gasteiger partial charge in [-0.3, -0.25) is 4.79 Å². The van der Waals surface area contributed by atoms with Crippen LogP contribution < -0.4 is 0 Å². The van der Waals surface area contributed by atoms with Crippen molar-refractivity contribution in [2.24, 2.45) is 22.7 Å². The molecule has 0 aromatic heterocycles. The average molecular weight is 192 g/mol. The first-order valence-corrected chi connectivity index (χ1v) is 6.12. The summed E-state index contributed by atoms with van der Waals surface area (Å²) < 4.78 is 0. The number of carbonyl (C=O) groups excluding carboxylic acids is 1. The first kappa shape index (κ1) is 8.94. The molecule has 3 fully saturated rings. The van der Waals surface area contributed by atoms with Gasteiger partial charge in [-0.1, -0.05) is 13.8 Å². The van der Waals surface area contributed by atoms with Gasteiger partial charge in [0.2, 0.25) is 0 Å². The van der Waals surface area contributed by atoms with E-state index in [-0.39, 0.29) is 5.41 Å². The minimum Gasteiger partial charge on any atom is -0.299 e. The number of Topliss-reactive ketones (excluding diaryl/α,β-unsaturated/α-hetero) is 1. The third-order valence-corrected chi connectivity index (χ3v) is 5.77. The van der Waals surface area contributed by atoms with Crippen LogP contribution in [0.15, 0.2) is 0 Å². The molecule has 3 rings (SSSR count). The number of carbonyl (C=O) groups is 1. The van der Waals surface area contributed by atoms with Gasteiger partial charge in [0.15, 0.2) is 0 Å². The molecule has 0 aliphatic heterocycles. The Labute approximate surface area is 86.3 Å². The lowest BCUT2D eigenvalue weighted by atomic mass is 9.56. The lowest BCUT2D eigenvalue weighted by Crippen LogP contribution is -2.45. The number of hydrogen-bond acceptors (Lipinski definition) is 1. The Morgan fingerprint density at radius 1 is 1.21 bits per heavy atom. The summed E-state index contributed by atoms with van der Waals surface area (Å²) in [5.41, 5.74) is 0.430. The summed E-state index contributed by atoms with van der Waals surface area (Å²) in [6.07, 6.45) is 7.28. The summed E-state index contributed by atoms with van der Waals surface area (Å²) in [7, 11) is 0. The average Bonchev–Trinajstić information content (AvgIpc) is 2.72. The van der Waals surface area contributed by atoms with Crippen LogP contribution in [0.4, 0.5) is 0 Å². The second-order valence-electron chi connectivity index (χ2n) is 6.18. The van der Waals surface area contributed by atoms with Crippen molar-refractivity contribution in [3.05, 3.63) is 0 Å². The van der Waals surface area contributed by atoms with Gasteiger partial charge in [-0.15, -0.1) is 0 Å². The van der Waals surface area contributed by atoms with Crippen LogP contribution in [0.5, 0.6) is 0 Å². The van der Waals surface area contributed by atoms with Gasteiger partial charge in [0.25, 0.3) is 0 Å². The predicted molar refractivity (Wildman–Crippen MR) is 55.9 cm³/mol. The molecule has 0 unspecified atom stereocenters. The number of fused-ring (bicyclic) bond motifs is 3. The van der Waals surface area contributed by atoms with Gasteiger partial charge in [0, 0.05) is 11.8 Å². The molecular formula is C13H20O. The quantitative estimate of drug-likeness (QED) is 0.576. The topological polar surface area (TPSA) is 17.1 Å². The van der Waals surface area contributed by atoms with E-state index >= 15 is 0 Å². The van der Waals surface area contributed by atoms with Gasteiger partial charge < -0.3 is 0 Å². The predicted octanol–water partition coefficient (Wildman–Crippen LogP) is 3.18. The zero-order chi connectivity index (χ0) is 9.97. The molecule has 14 heavy (non-hydrogen) atoms. The molecule has 2 bridgehead atoms. The summed E-state index contributed by atoms with van der Waals surface area (Å²) in [6.45, 7) is 4.72. The minimum absolute atomic E-state index is 0.121. The third kappa shape index (κ3) is 0.730. The highest BCUT2D eigenvalue weighted by Crippen LogP contribution is 2.70. The monoisotopic (exact) mass is 192 g/mol. The van der Waals surface area contributed by atoms with Crippen LogP contribution in [-0.4, -0.2) is 5.78 Å². The largest absolute Gasteiger partial charge is 0.299 e. The van der Waals surface area contributed by atoms with Crippen LogP contribution in [0.1, 0.15) is 52.4 Å². The fourth-order valence-corrected chi connectivity index (χ4v) is 4.98. The highest BCUT2D eigenvalue weighted by molar-refractivity contribution is 5.88. The van der Waals surface area contributed by atoms with Crippen molar-refractivity contribution in [1.82, 2.24) is 0 Å². The van der Waals surface area contributed by atoms with Gasteiger partial charge in [-0.2, -0.15) is 0 Å². The Morgan fingerprint density at radius 3 is 2.43 bits per heavy atom. The van der Waals surface area contributed by atoms with Gasteiger partial charge in [-0.05, 0) is 49.4 Å². The van der Waals surface area contributed by atoms with E-state index in [1.165, 1.54) is 25.7 Å². The van der Waals surface area contributed by atoms with E-state index in [2.05, 4.69) is 13.8 Å². The van der Waals surface area contributed by atoms with Gasteiger partial charge in [0.1, 0.15) is 5.78 Å². The summed E-state index contributed by atoms with van der Waals surface area (Å²) in [6, 6.07) is 0. The van der Waals surface area contributed by atoms with E-state index in [0.29, 0.717) is 11.2 Å². The first-order valence-electron chi connectivity index (χ1n) is 6.12. The maximum Gasteiger partial charge on any atom is 0.139 e. The maximum atomic E-state index is 12.2. The molecule has 3 saturated carbocycles. The SMILES string of the molecule is CC1(C)[C@@H]2CC[C@@H](C2)[C@@]12CCCC2=O. The molecule has 0 heterocycles. The number of rotatable bonds is 0. The van der Waals surface area contributed by atoms with E-state index in [0.717, 1.165) is 24.7 Å². The molecule has 0 amide bonds. The zero-order valence-electron chi connectivity index (χ0n) is 9.31. The van der Waals surface area contributed by atoms with Crippen LogP contribution in [0.3, 0.4) is 0 Å². The second kappa shape index (κ2) is 2.43. The van der Waals surface area contributed by atoms with Crippen molar-refractivity contribution in [2.75, 3.05) is 0 Å². The Bertz CT molecular complexity index is 292. The van der Waals surface area contributed by atoms with E-state index in [1.807, 2.05) is 0 Å². The molecule has 3 aliphatic carbocycles. The number of hydrogen-bond donors (Lipinski definition) is 0. The maximum absolute atomic E-state index is 12.2. The highest BCUT2D eigenvalue weighted by atomic mass is 16.1. The van der Waals surface area contributed by atoms with Crippen LogP contribution in [-0.2, 0) is 4.79 Å². The fraction of sp³-hybridized carbons (Fsp3) is 0.923. The molecular weight excluding hydrogens is 172 g/mol. The third-order valence-electron chi connectivity index (χ3n) is 5.77. The molecule has 0 saturated heterocycles. The molecule has 0 N–H and O–H groups in total. The summed E-state index contributed by atoms with van der Waals surface area (Å²) >= 11 is 0. The molecule has 3 aliphatic rings. The fourth-order valence-electron chi connectivity index (χ4n) is 4.98. The van der Waals surface area contributed by atoms with Crippen molar-refractivity contribution in [1.29, 1.82) is 0 Å². The van der Waals surface area contributed by atoms with E-state index in [4.69, 9.17) is 0 Å². The van der Waals surface area contributed by atoms with E-state index < -0.39 is 0 Å². The van der Waals surface area contributed by atoms with Crippen LogP contribution in [0, 0.1) is 22.7 Å². The van der Waals surface area contributed by atoms with Crippen LogP contribution in [0.25, 0.3) is 0 Å². The standard InChI is InChI=1S/C13H20O/c1-12(2)9-5-6-10(8-9)13(12)7-3-4-11(13)14/h9-10H,3-8H2,1-2H3/t9-,10+,13-/m1/s1. The normalized spacial score (nSPS) is 49.4.